The zero-order valence-corrected chi connectivity index (χ0v) is 24.5. The van der Waals surface area contributed by atoms with Crippen LogP contribution in [0.4, 0.5) is 15.4 Å². The highest BCUT2D eigenvalue weighted by Crippen LogP contribution is 2.46. The first-order valence-corrected chi connectivity index (χ1v) is 14.2. The molecule has 0 aliphatic rings. The van der Waals surface area contributed by atoms with E-state index in [4.69, 9.17) is 25.8 Å². The van der Waals surface area contributed by atoms with E-state index in [2.05, 4.69) is 10.4 Å². The minimum atomic E-state index is -0.849. The number of rotatable bonds is 7. The van der Waals surface area contributed by atoms with Crippen LogP contribution in [-0.2, 0) is 22.7 Å². The number of aromatic nitrogens is 1. The molecule has 2 N–H and O–H groups in total. The van der Waals surface area contributed by atoms with Crippen LogP contribution in [0.25, 0.3) is 32.8 Å². The molecule has 0 atom stereocenters. The van der Waals surface area contributed by atoms with Gasteiger partial charge in [-0.2, -0.15) is 5.01 Å². The van der Waals surface area contributed by atoms with Crippen molar-refractivity contribution in [3.63, 3.8) is 0 Å². The monoisotopic (exact) mass is 605 g/mol. The van der Waals surface area contributed by atoms with Gasteiger partial charge in [-0.25, -0.2) is 15.0 Å². The zero-order chi connectivity index (χ0) is 30.5. The van der Waals surface area contributed by atoms with E-state index in [0.29, 0.717) is 21.9 Å². The van der Waals surface area contributed by atoms with Crippen molar-refractivity contribution in [2.75, 3.05) is 12.1 Å². The number of H-pyrrole nitrogens is 1. The van der Waals surface area contributed by atoms with E-state index in [-0.39, 0.29) is 19.0 Å². The molecule has 0 aliphatic carbocycles. The molecule has 1 heterocycles. The molecule has 6 aromatic rings. The third kappa shape index (κ3) is 6.02. The van der Waals surface area contributed by atoms with Gasteiger partial charge in [-0.05, 0) is 40.1 Å². The van der Waals surface area contributed by atoms with Crippen molar-refractivity contribution in [2.45, 2.75) is 13.2 Å². The highest BCUT2D eigenvalue weighted by molar-refractivity contribution is 6.31. The Hall–Kier alpha value is -5.47. The second-order valence-corrected chi connectivity index (χ2v) is 10.4. The number of methoxy groups -OCH3 is 1. The summed E-state index contributed by atoms with van der Waals surface area (Å²) in [5, 5.41) is 4.12. The van der Waals surface area contributed by atoms with Gasteiger partial charge in [0.25, 0.3) is 0 Å². The molecular weight excluding hydrogens is 578 g/mol. The highest BCUT2D eigenvalue weighted by Gasteiger charge is 2.30. The van der Waals surface area contributed by atoms with E-state index in [1.807, 2.05) is 103 Å². The van der Waals surface area contributed by atoms with Crippen LogP contribution >= 0.6 is 11.6 Å². The molecule has 0 saturated heterocycles. The second-order valence-electron chi connectivity index (χ2n) is 9.95. The van der Waals surface area contributed by atoms with Crippen molar-refractivity contribution in [3.05, 3.63) is 131 Å². The van der Waals surface area contributed by atoms with Gasteiger partial charge in [0, 0.05) is 27.1 Å². The van der Waals surface area contributed by atoms with Gasteiger partial charge in [-0.1, -0.05) is 109 Å². The molecule has 9 heteroatoms. The van der Waals surface area contributed by atoms with Gasteiger partial charge in [0.05, 0.1) is 7.11 Å². The van der Waals surface area contributed by atoms with Gasteiger partial charge in [0.15, 0.2) is 0 Å². The van der Waals surface area contributed by atoms with Crippen molar-refractivity contribution in [3.8, 4) is 16.9 Å². The van der Waals surface area contributed by atoms with E-state index in [1.54, 1.807) is 19.2 Å². The van der Waals surface area contributed by atoms with Crippen molar-refractivity contribution < 1.29 is 23.8 Å². The van der Waals surface area contributed by atoms with Crippen LogP contribution in [0, 0.1) is 0 Å². The van der Waals surface area contributed by atoms with Gasteiger partial charge >= 0.3 is 12.2 Å². The fourth-order valence-electron chi connectivity index (χ4n) is 5.08. The van der Waals surface area contributed by atoms with Crippen molar-refractivity contribution >= 4 is 51.3 Å². The third-order valence-electron chi connectivity index (χ3n) is 7.13. The molecule has 0 saturated carbocycles. The molecule has 5 aromatic carbocycles. The predicted molar refractivity (Wildman–Crippen MR) is 172 cm³/mol. The number of carbonyl (C=O) groups is 2. The Morgan fingerprint density at radius 2 is 1.41 bits per heavy atom. The number of benzene rings is 5. The summed E-state index contributed by atoms with van der Waals surface area (Å²) in [7, 11) is 1.59. The molecule has 220 valence electrons. The van der Waals surface area contributed by atoms with Gasteiger partial charge in [-0.3, -0.25) is 0 Å². The molecule has 6 rings (SSSR count). The fraction of sp³-hybridized carbons (Fsp3) is 0.0857. The maximum Gasteiger partial charge on any atom is 0.435 e. The standard InChI is InChI=1S/C35H28ClN3O5/c1-42-30-19-16-25-14-8-9-15-27(25)31(30)32-28-18-17-26(36)20-29(28)37-33(32)39(35(41)44-22-24-12-6-3-7-13-24)38-34(40)43-21-23-10-4-2-5-11-23/h2-20,37H,21-22H2,1H3,(H,38,40). The molecule has 44 heavy (non-hydrogen) atoms. The first-order chi connectivity index (χ1) is 21.5. The van der Waals surface area contributed by atoms with Crippen molar-refractivity contribution in [2.24, 2.45) is 0 Å². The molecule has 0 spiro atoms. The smallest absolute Gasteiger partial charge is 0.435 e. The zero-order valence-electron chi connectivity index (χ0n) is 23.8. The Labute approximate surface area is 258 Å². The van der Waals surface area contributed by atoms with Crippen molar-refractivity contribution in [1.82, 2.24) is 10.4 Å². The molecule has 1 aromatic heterocycles. The maximum atomic E-state index is 13.8. The number of nitrogens with one attached hydrogen (secondary N) is 2. The number of amides is 2. The number of ether oxygens (including phenoxy) is 3. The van der Waals surface area contributed by atoms with E-state index >= 15 is 0 Å². The number of hydrazine groups is 1. The second kappa shape index (κ2) is 12.8. The number of carbonyl (C=O) groups excluding carboxylic acids is 2. The Bertz CT molecular complexity index is 1940. The van der Waals surface area contributed by atoms with E-state index in [1.165, 1.54) is 0 Å². The number of hydrogen-bond acceptors (Lipinski definition) is 5. The summed E-state index contributed by atoms with van der Waals surface area (Å²) in [6.07, 6.45) is -1.68. The van der Waals surface area contributed by atoms with Gasteiger partial charge in [-0.15, -0.1) is 0 Å². The number of halogens is 1. The molecule has 8 nitrogen and oxygen atoms in total. The first-order valence-electron chi connectivity index (χ1n) is 13.9. The number of anilines is 1. The van der Waals surface area contributed by atoms with Gasteiger partial charge < -0.3 is 19.2 Å². The lowest BCUT2D eigenvalue weighted by Crippen LogP contribution is -2.47. The molecule has 0 unspecified atom stereocenters. The molecule has 2 amide bonds. The summed E-state index contributed by atoms with van der Waals surface area (Å²) in [5.41, 5.74) is 6.14. The summed E-state index contributed by atoms with van der Waals surface area (Å²) >= 11 is 6.38. The number of fused-ring (bicyclic) bond motifs is 2. The maximum absolute atomic E-state index is 13.8. The molecular formula is C35H28ClN3O5. The van der Waals surface area contributed by atoms with E-state index in [0.717, 1.165) is 37.9 Å². The normalized spacial score (nSPS) is 10.9. The van der Waals surface area contributed by atoms with Gasteiger partial charge in [0.2, 0.25) is 0 Å². The number of aromatic amines is 1. The summed E-state index contributed by atoms with van der Waals surface area (Å²) in [6, 6.07) is 35.6. The van der Waals surface area contributed by atoms with Crippen LogP contribution in [0.15, 0.2) is 115 Å². The van der Waals surface area contributed by atoms with Crippen LogP contribution < -0.4 is 15.2 Å². The first kappa shape index (κ1) is 28.6. The van der Waals surface area contributed by atoms with Crippen LogP contribution in [0.2, 0.25) is 5.02 Å². The average molecular weight is 606 g/mol. The lowest BCUT2D eigenvalue weighted by Gasteiger charge is -2.23. The Morgan fingerprint density at radius 3 is 2.11 bits per heavy atom. The Kier molecular flexibility index (Phi) is 8.34. The van der Waals surface area contributed by atoms with E-state index in [9.17, 15) is 9.59 Å². The van der Waals surface area contributed by atoms with Crippen molar-refractivity contribution in [1.29, 1.82) is 0 Å². The topological polar surface area (TPSA) is 92.9 Å². The molecule has 0 radical (unpaired) electrons. The lowest BCUT2D eigenvalue weighted by molar-refractivity contribution is 0.126. The van der Waals surface area contributed by atoms with Crippen LogP contribution in [0.5, 0.6) is 5.75 Å². The predicted octanol–water partition coefficient (Wildman–Crippen LogP) is 8.63. The Morgan fingerprint density at radius 1 is 0.750 bits per heavy atom. The SMILES string of the molecule is COc1ccc2ccccc2c1-c1c(N(NC(=O)OCc2ccccc2)C(=O)OCc2ccccc2)[nH]c2cc(Cl)ccc12. The van der Waals surface area contributed by atoms with E-state index < -0.39 is 12.2 Å². The summed E-state index contributed by atoms with van der Waals surface area (Å²) in [5.74, 6) is 0.816. The summed E-state index contributed by atoms with van der Waals surface area (Å²) in [4.78, 5) is 30.3. The minimum absolute atomic E-state index is 0.00584. The quantitative estimate of drug-likeness (QED) is 0.178. The summed E-state index contributed by atoms with van der Waals surface area (Å²) in [6.45, 7) is -0.0121. The summed E-state index contributed by atoms with van der Waals surface area (Å²) < 4.78 is 17.0. The van der Waals surface area contributed by atoms with Crippen LogP contribution in [0.1, 0.15) is 11.1 Å². The van der Waals surface area contributed by atoms with Gasteiger partial charge in [0.1, 0.15) is 24.8 Å². The fourth-order valence-corrected chi connectivity index (χ4v) is 5.25. The lowest BCUT2D eigenvalue weighted by atomic mass is 9.96. The number of hydrogen-bond donors (Lipinski definition) is 2. The largest absolute Gasteiger partial charge is 0.496 e. The molecule has 0 bridgehead atoms. The minimum Gasteiger partial charge on any atom is -0.496 e. The van der Waals surface area contributed by atoms with Crippen LogP contribution in [-0.4, -0.2) is 24.3 Å². The Balaban J connectivity index is 1.47. The third-order valence-corrected chi connectivity index (χ3v) is 7.36. The van der Waals surface area contributed by atoms with Crippen LogP contribution in [0.3, 0.4) is 0 Å². The highest BCUT2D eigenvalue weighted by atomic mass is 35.5. The molecule has 0 fully saturated rings. The average Bonchev–Trinajstić information content (AvgIpc) is 3.43. The number of nitrogens with zero attached hydrogens (tertiary/aromatic N) is 1. The molecule has 0 aliphatic heterocycles.